The first-order chi connectivity index (χ1) is 5.24. The topological polar surface area (TPSA) is 21.3 Å². The smallest absolute Gasteiger partial charge is 0.0583 e. The molecular weight excluding hydrogens is 158 g/mol. The summed E-state index contributed by atoms with van der Waals surface area (Å²) < 4.78 is 5.10. The number of thioether (sulfide) groups is 1. The zero-order valence-electron chi connectivity index (χ0n) is 7.46. The van der Waals surface area contributed by atoms with Crippen molar-refractivity contribution in [3.8, 4) is 0 Å². The standard InChI is InChI=1S/C8H17NOS/c1-6(4-10-3)8-9-7(2)5-11-8/h6-9H,4-5H2,1-3H3. The zero-order chi connectivity index (χ0) is 8.27. The molecule has 2 nitrogen and oxygen atoms in total. The Balaban J connectivity index is 2.25. The van der Waals surface area contributed by atoms with E-state index in [1.807, 2.05) is 11.8 Å². The number of methoxy groups -OCH3 is 1. The van der Waals surface area contributed by atoms with Gasteiger partial charge in [-0.3, -0.25) is 0 Å². The molecule has 0 aliphatic carbocycles. The van der Waals surface area contributed by atoms with Gasteiger partial charge in [0.25, 0.3) is 0 Å². The minimum absolute atomic E-state index is 0.602. The third kappa shape index (κ3) is 2.65. The summed E-state index contributed by atoms with van der Waals surface area (Å²) in [4.78, 5) is 0. The van der Waals surface area contributed by atoms with Crippen LogP contribution < -0.4 is 5.32 Å². The second-order valence-corrected chi connectivity index (χ2v) is 4.43. The number of ether oxygens (including phenoxy) is 1. The van der Waals surface area contributed by atoms with E-state index >= 15 is 0 Å². The number of nitrogens with one attached hydrogen (secondary N) is 1. The molecule has 0 bridgehead atoms. The van der Waals surface area contributed by atoms with Crippen molar-refractivity contribution in [2.75, 3.05) is 19.5 Å². The van der Waals surface area contributed by atoms with Gasteiger partial charge in [-0.2, -0.15) is 0 Å². The summed E-state index contributed by atoms with van der Waals surface area (Å²) in [6, 6.07) is 0.671. The van der Waals surface area contributed by atoms with Crippen LogP contribution in [0.3, 0.4) is 0 Å². The number of rotatable bonds is 3. The van der Waals surface area contributed by atoms with Crippen LogP contribution in [0.25, 0.3) is 0 Å². The van der Waals surface area contributed by atoms with Crippen LogP contribution in [-0.2, 0) is 4.74 Å². The van der Waals surface area contributed by atoms with Gasteiger partial charge in [0.2, 0.25) is 0 Å². The normalized spacial score (nSPS) is 34.1. The predicted octanol–water partition coefficient (Wildman–Crippen LogP) is 1.32. The number of hydrogen-bond acceptors (Lipinski definition) is 3. The lowest BCUT2D eigenvalue weighted by Crippen LogP contribution is -2.33. The first-order valence-corrected chi connectivity index (χ1v) is 5.15. The molecule has 1 rings (SSSR count). The quantitative estimate of drug-likeness (QED) is 0.699. The molecule has 1 fully saturated rings. The maximum Gasteiger partial charge on any atom is 0.0583 e. The summed E-state index contributed by atoms with van der Waals surface area (Å²) in [7, 11) is 1.76. The van der Waals surface area contributed by atoms with E-state index in [0.29, 0.717) is 17.3 Å². The summed E-state index contributed by atoms with van der Waals surface area (Å²) in [5.41, 5.74) is 0. The molecular formula is C8H17NOS. The van der Waals surface area contributed by atoms with Crippen molar-refractivity contribution < 1.29 is 4.74 Å². The molecule has 0 aromatic heterocycles. The monoisotopic (exact) mass is 175 g/mol. The Kier molecular flexibility index (Phi) is 3.69. The molecule has 1 heterocycles. The van der Waals surface area contributed by atoms with Crippen LogP contribution in [0.5, 0.6) is 0 Å². The Morgan fingerprint density at radius 1 is 1.73 bits per heavy atom. The fourth-order valence-corrected chi connectivity index (χ4v) is 2.63. The highest BCUT2D eigenvalue weighted by molar-refractivity contribution is 8.00. The lowest BCUT2D eigenvalue weighted by atomic mass is 10.2. The highest BCUT2D eigenvalue weighted by Crippen LogP contribution is 2.24. The molecule has 1 aliphatic rings. The van der Waals surface area contributed by atoms with E-state index in [9.17, 15) is 0 Å². The Hall–Kier alpha value is 0.270. The molecule has 3 heteroatoms. The molecule has 0 radical (unpaired) electrons. The molecule has 0 aromatic rings. The Morgan fingerprint density at radius 3 is 2.91 bits per heavy atom. The highest BCUT2D eigenvalue weighted by atomic mass is 32.2. The Labute approximate surface area is 73.1 Å². The molecule has 0 saturated carbocycles. The van der Waals surface area contributed by atoms with E-state index in [-0.39, 0.29) is 0 Å². The van der Waals surface area contributed by atoms with Gasteiger partial charge in [0.05, 0.1) is 12.0 Å². The third-order valence-electron chi connectivity index (χ3n) is 1.92. The average molecular weight is 175 g/mol. The number of hydrogen-bond donors (Lipinski definition) is 1. The van der Waals surface area contributed by atoms with E-state index in [1.165, 1.54) is 5.75 Å². The van der Waals surface area contributed by atoms with E-state index in [2.05, 4.69) is 19.2 Å². The van der Waals surface area contributed by atoms with Gasteiger partial charge in [0.15, 0.2) is 0 Å². The maximum atomic E-state index is 5.10. The molecule has 1 N–H and O–H groups in total. The van der Waals surface area contributed by atoms with Crippen LogP contribution in [0.2, 0.25) is 0 Å². The van der Waals surface area contributed by atoms with Gasteiger partial charge < -0.3 is 10.1 Å². The summed E-state index contributed by atoms with van der Waals surface area (Å²) in [5, 5.41) is 4.12. The van der Waals surface area contributed by atoms with E-state index in [4.69, 9.17) is 4.74 Å². The lowest BCUT2D eigenvalue weighted by molar-refractivity contribution is 0.154. The van der Waals surface area contributed by atoms with Crippen molar-refractivity contribution in [1.82, 2.24) is 5.32 Å². The van der Waals surface area contributed by atoms with Crippen molar-refractivity contribution in [2.24, 2.45) is 5.92 Å². The summed E-state index contributed by atoms with van der Waals surface area (Å²) in [6.45, 7) is 5.32. The summed E-state index contributed by atoms with van der Waals surface area (Å²) in [6.07, 6.45) is 0. The van der Waals surface area contributed by atoms with Gasteiger partial charge >= 0.3 is 0 Å². The molecule has 66 valence electrons. The SMILES string of the molecule is COCC(C)C1NC(C)CS1. The highest BCUT2D eigenvalue weighted by Gasteiger charge is 2.25. The minimum atomic E-state index is 0.602. The van der Waals surface area contributed by atoms with Crippen LogP contribution in [0.1, 0.15) is 13.8 Å². The van der Waals surface area contributed by atoms with Crippen LogP contribution in [0.15, 0.2) is 0 Å². The van der Waals surface area contributed by atoms with Crippen LogP contribution in [0.4, 0.5) is 0 Å². The maximum absolute atomic E-state index is 5.10. The Morgan fingerprint density at radius 2 is 2.45 bits per heavy atom. The fraction of sp³-hybridized carbons (Fsp3) is 1.00. The fourth-order valence-electron chi connectivity index (χ4n) is 1.30. The molecule has 1 saturated heterocycles. The van der Waals surface area contributed by atoms with E-state index in [0.717, 1.165) is 6.61 Å². The van der Waals surface area contributed by atoms with Gasteiger partial charge in [-0.05, 0) is 6.92 Å². The van der Waals surface area contributed by atoms with Crippen LogP contribution in [0, 0.1) is 5.92 Å². The van der Waals surface area contributed by atoms with Gasteiger partial charge in [-0.15, -0.1) is 11.8 Å². The van der Waals surface area contributed by atoms with Crippen molar-refractivity contribution in [1.29, 1.82) is 0 Å². The van der Waals surface area contributed by atoms with Crippen LogP contribution >= 0.6 is 11.8 Å². The van der Waals surface area contributed by atoms with Crippen molar-refractivity contribution in [3.63, 3.8) is 0 Å². The van der Waals surface area contributed by atoms with Gasteiger partial charge in [-0.1, -0.05) is 6.92 Å². The first-order valence-electron chi connectivity index (χ1n) is 4.10. The van der Waals surface area contributed by atoms with Crippen molar-refractivity contribution >= 4 is 11.8 Å². The predicted molar refractivity (Wildman–Crippen MR) is 49.9 cm³/mol. The lowest BCUT2D eigenvalue weighted by Gasteiger charge is -2.18. The van der Waals surface area contributed by atoms with Crippen molar-refractivity contribution in [2.45, 2.75) is 25.3 Å². The molecule has 3 unspecified atom stereocenters. The largest absolute Gasteiger partial charge is 0.384 e. The molecule has 0 amide bonds. The van der Waals surface area contributed by atoms with Crippen molar-refractivity contribution in [3.05, 3.63) is 0 Å². The average Bonchev–Trinajstić information content (AvgIpc) is 2.36. The third-order valence-corrected chi connectivity index (χ3v) is 3.57. The minimum Gasteiger partial charge on any atom is -0.384 e. The van der Waals surface area contributed by atoms with Gasteiger partial charge in [-0.25, -0.2) is 0 Å². The zero-order valence-corrected chi connectivity index (χ0v) is 8.28. The second-order valence-electron chi connectivity index (χ2n) is 3.25. The molecule has 1 aliphatic heterocycles. The molecule has 3 atom stereocenters. The second kappa shape index (κ2) is 4.33. The summed E-state index contributed by atoms with van der Waals surface area (Å²) in [5.74, 6) is 1.86. The van der Waals surface area contributed by atoms with Gasteiger partial charge in [0.1, 0.15) is 0 Å². The van der Waals surface area contributed by atoms with E-state index in [1.54, 1.807) is 7.11 Å². The van der Waals surface area contributed by atoms with Crippen LogP contribution in [-0.4, -0.2) is 30.9 Å². The van der Waals surface area contributed by atoms with Gasteiger partial charge in [0, 0.05) is 24.8 Å². The molecule has 11 heavy (non-hydrogen) atoms. The first kappa shape index (κ1) is 9.36. The Bertz CT molecular complexity index is 121. The molecule has 0 aromatic carbocycles. The summed E-state index contributed by atoms with van der Waals surface area (Å²) >= 11 is 2.01. The molecule has 0 spiro atoms. The van der Waals surface area contributed by atoms with E-state index < -0.39 is 0 Å².